The molecular weight excluding hydrogens is 288 g/mol. The molecule has 1 heterocycles. The van der Waals surface area contributed by atoms with Crippen molar-refractivity contribution < 1.29 is 14.5 Å². The molecular formula is C14H16N4O4. The van der Waals surface area contributed by atoms with Gasteiger partial charge in [0.25, 0.3) is 0 Å². The number of carbonyl (C=O) groups is 1. The summed E-state index contributed by atoms with van der Waals surface area (Å²) in [5, 5.41) is 17.2. The highest BCUT2D eigenvalue weighted by Crippen LogP contribution is 2.14. The first kappa shape index (κ1) is 15.5. The number of amides is 1. The first-order valence-electron chi connectivity index (χ1n) is 6.60. The van der Waals surface area contributed by atoms with Gasteiger partial charge in [-0.25, -0.2) is 0 Å². The van der Waals surface area contributed by atoms with Crippen LogP contribution in [0.25, 0.3) is 0 Å². The number of nitrogens with zero attached hydrogens (tertiary/aromatic N) is 3. The molecule has 0 spiro atoms. The van der Waals surface area contributed by atoms with Gasteiger partial charge >= 0.3 is 5.69 Å². The van der Waals surface area contributed by atoms with E-state index in [2.05, 4.69) is 10.4 Å². The molecule has 0 aliphatic heterocycles. The van der Waals surface area contributed by atoms with E-state index in [1.165, 1.54) is 10.9 Å². The minimum absolute atomic E-state index is 0.146. The molecule has 0 bridgehead atoms. The van der Waals surface area contributed by atoms with E-state index in [0.717, 1.165) is 11.8 Å². The molecule has 1 aromatic carbocycles. The van der Waals surface area contributed by atoms with Crippen LogP contribution in [0.2, 0.25) is 0 Å². The molecule has 22 heavy (non-hydrogen) atoms. The van der Waals surface area contributed by atoms with Crippen molar-refractivity contribution in [3.8, 4) is 5.75 Å². The van der Waals surface area contributed by atoms with Crippen LogP contribution in [-0.2, 0) is 11.3 Å². The van der Waals surface area contributed by atoms with Crippen molar-refractivity contribution in [1.29, 1.82) is 0 Å². The number of rotatable bonds is 6. The Hall–Kier alpha value is -2.90. The highest BCUT2D eigenvalue weighted by Gasteiger charge is 2.18. The Morgan fingerprint density at radius 1 is 1.55 bits per heavy atom. The van der Waals surface area contributed by atoms with E-state index in [9.17, 15) is 14.9 Å². The third-order valence-corrected chi connectivity index (χ3v) is 3.18. The fraction of sp³-hybridized carbons (Fsp3) is 0.286. The molecule has 0 aliphatic carbocycles. The van der Waals surface area contributed by atoms with Crippen molar-refractivity contribution in [3.05, 3.63) is 52.3 Å². The monoisotopic (exact) mass is 304 g/mol. The maximum atomic E-state index is 12.1. The summed E-state index contributed by atoms with van der Waals surface area (Å²) in [5.41, 5.74) is 0.749. The lowest BCUT2D eigenvalue weighted by molar-refractivity contribution is -0.385. The number of carbonyl (C=O) groups excluding carboxylic acids is 1. The average Bonchev–Trinajstić information content (AvgIpc) is 3.02. The van der Waals surface area contributed by atoms with E-state index in [-0.39, 0.29) is 11.6 Å². The third-order valence-electron chi connectivity index (χ3n) is 3.18. The van der Waals surface area contributed by atoms with Gasteiger partial charge in [0.2, 0.25) is 5.91 Å². The van der Waals surface area contributed by atoms with Crippen molar-refractivity contribution >= 4 is 11.6 Å². The SMILES string of the molecule is COc1cccc(CNC(=O)[C@@H](C)n2cc([N+](=O)[O-])cn2)c1. The molecule has 1 aromatic heterocycles. The Morgan fingerprint density at radius 2 is 2.32 bits per heavy atom. The molecule has 2 aromatic rings. The summed E-state index contributed by atoms with van der Waals surface area (Å²) in [7, 11) is 1.57. The van der Waals surface area contributed by atoms with Gasteiger partial charge in [0, 0.05) is 6.54 Å². The van der Waals surface area contributed by atoms with E-state index >= 15 is 0 Å². The zero-order valence-electron chi connectivity index (χ0n) is 12.2. The summed E-state index contributed by atoms with van der Waals surface area (Å²) in [5.74, 6) is 0.434. The van der Waals surface area contributed by atoms with Crippen LogP contribution in [0.5, 0.6) is 5.75 Å². The maximum Gasteiger partial charge on any atom is 0.307 e. The Labute approximate surface area is 126 Å². The Balaban J connectivity index is 1.97. The van der Waals surface area contributed by atoms with Gasteiger partial charge in [-0.1, -0.05) is 12.1 Å². The van der Waals surface area contributed by atoms with Crippen molar-refractivity contribution in [2.75, 3.05) is 7.11 Å². The fourth-order valence-electron chi connectivity index (χ4n) is 1.87. The quantitative estimate of drug-likeness (QED) is 0.646. The van der Waals surface area contributed by atoms with Gasteiger partial charge in [-0.15, -0.1) is 0 Å². The molecule has 0 radical (unpaired) electrons. The molecule has 0 saturated carbocycles. The second-order valence-electron chi connectivity index (χ2n) is 4.68. The van der Waals surface area contributed by atoms with Crippen molar-refractivity contribution in [2.45, 2.75) is 19.5 Å². The lowest BCUT2D eigenvalue weighted by Gasteiger charge is -2.12. The van der Waals surface area contributed by atoms with Crippen LogP contribution in [0.4, 0.5) is 5.69 Å². The van der Waals surface area contributed by atoms with Crippen LogP contribution in [0.15, 0.2) is 36.7 Å². The molecule has 0 unspecified atom stereocenters. The molecule has 0 saturated heterocycles. The predicted octanol–water partition coefficient (Wildman–Crippen LogP) is 1.68. The van der Waals surface area contributed by atoms with Crippen LogP contribution in [0, 0.1) is 10.1 Å². The van der Waals surface area contributed by atoms with Gasteiger partial charge in [0.1, 0.15) is 24.2 Å². The Bertz CT molecular complexity index is 683. The second kappa shape index (κ2) is 6.70. The average molecular weight is 304 g/mol. The summed E-state index contributed by atoms with van der Waals surface area (Å²) in [6.07, 6.45) is 2.35. The Kier molecular flexibility index (Phi) is 4.72. The summed E-state index contributed by atoms with van der Waals surface area (Å²) in [6.45, 7) is 1.96. The molecule has 0 aliphatic rings. The van der Waals surface area contributed by atoms with E-state index in [4.69, 9.17) is 4.74 Å². The number of nitro groups is 1. The summed E-state index contributed by atoms with van der Waals surface area (Å²) >= 11 is 0. The van der Waals surface area contributed by atoms with Crippen molar-refractivity contribution in [2.24, 2.45) is 0 Å². The molecule has 1 N–H and O–H groups in total. The highest BCUT2D eigenvalue weighted by atomic mass is 16.6. The van der Waals surface area contributed by atoms with Gasteiger partial charge in [-0.3, -0.25) is 19.6 Å². The minimum Gasteiger partial charge on any atom is -0.497 e. The molecule has 1 amide bonds. The zero-order valence-corrected chi connectivity index (χ0v) is 12.2. The van der Waals surface area contributed by atoms with Crippen molar-refractivity contribution in [1.82, 2.24) is 15.1 Å². The number of hydrogen-bond acceptors (Lipinski definition) is 5. The van der Waals surface area contributed by atoms with E-state index in [1.807, 2.05) is 24.3 Å². The zero-order chi connectivity index (χ0) is 16.1. The molecule has 8 heteroatoms. The first-order valence-corrected chi connectivity index (χ1v) is 6.60. The molecule has 1 atom stereocenters. The van der Waals surface area contributed by atoms with E-state index < -0.39 is 11.0 Å². The summed E-state index contributed by atoms with van der Waals surface area (Å²) in [6, 6.07) is 6.70. The van der Waals surface area contributed by atoms with E-state index in [0.29, 0.717) is 12.3 Å². The van der Waals surface area contributed by atoms with Gasteiger partial charge < -0.3 is 10.1 Å². The number of benzene rings is 1. The number of methoxy groups -OCH3 is 1. The van der Waals surface area contributed by atoms with Gasteiger partial charge in [0.05, 0.1) is 12.0 Å². The normalized spacial score (nSPS) is 11.7. The molecule has 2 rings (SSSR count). The number of nitrogens with one attached hydrogen (secondary N) is 1. The first-order chi connectivity index (χ1) is 10.5. The van der Waals surface area contributed by atoms with Crippen molar-refractivity contribution in [3.63, 3.8) is 0 Å². The number of ether oxygens (including phenoxy) is 1. The topological polar surface area (TPSA) is 99.3 Å². The predicted molar refractivity (Wildman–Crippen MR) is 78.4 cm³/mol. The van der Waals surface area contributed by atoms with Gasteiger partial charge in [-0.05, 0) is 24.6 Å². The highest BCUT2D eigenvalue weighted by molar-refractivity contribution is 5.79. The second-order valence-corrected chi connectivity index (χ2v) is 4.68. The fourth-order valence-corrected chi connectivity index (χ4v) is 1.87. The molecule has 116 valence electrons. The largest absolute Gasteiger partial charge is 0.497 e. The minimum atomic E-state index is -0.640. The van der Waals surface area contributed by atoms with Gasteiger partial charge in [-0.2, -0.15) is 5.10 Å². The maximum absolute atomic E-state index is 12.1. The summed E-state index contributed by atoms with van der Waals surface area (Å²) in [4.78, 5) is 22.1. The Morgan fingerprint density at radius 3 is 2.95 bits per heavy atom. The van der Waals surface area contributed by atoms with Crippen LogP contribution < -0.4 is 10.1 Å². The lowest BCUT2D eigenvalue weighted by Crippen LogP contribution is -2.30. The summed E-state index contributed by atoms with van der Waals surface area (Å²) < 4.78 is 6.38. The van der Waals surface area contributed by atoms with Crippen LogP contribution in [0.1, 0.15) is 18.5 Å². The van der Waals surface area contributed by atoms with Crippen LogP contribution >= 0.6 is 0 Å². The van der Waals surface area contributed by atoms with Gasteiger partial charge in [0.15, 0.2) is 0 Å². The number of hydrogen-bond donors (Lipinski definition) is 1. The third kappa shape index (κ3) is 3.60. The number of aromatic nitrogens is 2. The van der Waals surface area contributed by atoms with Crippen LogP contribution in [-0.4, -0.2) is 27.7 Å². The standard InChI is InChI=1S/C14H16N4O4/c1-10(17-9-12(8-16-17)18(20)21)14(19)15-7-11-4-3-5-13(6-11)22-2/h3-6,8-10H,7H2,1-2H3,(H,15,19)/t10-/m1/s1. The van der Waals surface area contributed by atoms with Crippen LogP contribution in [0.3, 0.4) is 0 Å². The molecule has 0 fully saturated rings. The lowest BCUT2D eigenvalue weighted by atomic mass is 10.2. The van der Waals surface area contributed by atoms with E-state index in [1.54, 1.807) is 14.0 Å². The molecule has 8 nitrogen and oxygen atoms in total. The smallest absolute Gasteiger partial charge is 0.307 e.